The molecule has 0 unspecified atom stereocenters. The Morgan fingerprint density at radius 3 is 2.85 bits per heavy atom. The fourth-order valence-corrected chi connectivity index (χ4v) is 1.16. The molecule has 0 aliphatic heterocycles. The van der Waals surface area contributed by atoms with Crippen molar-refractivity contribution in [2.45, 2.75) is 0 Å². The molecule has 4 nitrogen and oxygen atoms in total. The van der Waals surface area contributed by atoms with E-state index < -0.39 is 16.4 Å². The lowest BCUT2D eigenvalue weighted by molar-refractivity contribution is -0.386. The van der Waals surface area contributed by atoms with Gasteiger partial charge in [0, 0.05) is 5.39 Å². The van der Waals surface area contributed by atoms with Gasteiger partial charge in [-0.15, -0.1) is 0 Å². The van der Waals surface area contributed by atoms with Crippen LogP contribution in [-0.4, -0.2) is 4.92 Å². The van der Waals surface area contributed by atoms with Gasteiger partial charge < -0.3 is 4.42 Å². The van der Waals surface area contributed by atoms with E-state index in [4.69, 9.17) is 4.42 Å². The second kappa shape index (κ2) is 2.55. The molecule has 2 rings (SSSR count). The topological polar surface area (TPSA) is 56.3 Å². The predicted octanol–water partition coefficient (Wildman–Crippen LogP) is 2.48. The number of hydrogen-bond acceptors (Lipinski definition) is 3. The summed E-state index contributed by atoms with van der Waals surface area (Å²) in [5.41, 5.74) is -0.632. The van der Waals surface area contributed by atoms with Gasteiger partial charge in [-0.05, 0) is 18.2 Å². The Bertz CT molecular complexity index is 477. The van der Waals surface area contributed by atoms with Gasteiger partial charge >= 0.3 is 5.69 Å². The van der Waals surface area contributed by atoms with E-state index in [-0.39, 0.29) is 5.58 Å². The molecular weight excluding hydrogens is 177 g/mol. The molecule has 0 radical (unpaired) electrons. The molecule has 0 fully saturated rings. The quantitative estimate of drug-likeness (QED) is 0.501. The molecule has 66 valence electrons. The highest BCUT2D eigenvalue weighted by molar-refractivity contribution is 5.85. The zero-order valence-corrected chi connectivity index (χ0v) is 6.36. The van der Waals surface area contributed by atoms with Gasteiger partial charge in [-0.2, -0.15) is 4.39 Å². The maximum absolute atomic E-state index is 12.9. The van der Waals surface area contributed by atoms with Crippen molar-refractivity contribution < 1.29 is 13.7 Å². The molecule has 0 aliphatic carbocycles. The van der Waals surface area contributed by atoms with Crippen LogP contribution in [0.1, 0.15) is 0 Å². The number of nitrogens with zero attached hydrogens (tertiary/aromatic N) is 1. The van der Waals surface area contributed by atoms with Crippen LogP contribution in [0.3, 0.4) is 0 Å². The number of furan rings is 1. The molecule has 0 saturated carbocycles. The van der Waals surface area contributed by atoms with Crippen LogP contribution in [0.2, 0.25) is 0 Å². The number of nitro benzene ring substituents is 1. The summed E-state index contributed by atoms with van der Waals surface area (Å²) in [6.07, 6.45) is 1.29. The van der Waals surface area contributed by atoms with E-state index >= 15 is 0 Å². The van der Waals surface area contributed by atoms with Gasteiger partial charge in [0.05, 0.1) is 11.2 Å². The molecule has 0 aliphatic rings. The number of benzene rings is 1. The lowest BCUT2D eigenvalue weighted by Gasteiger charge is -1.93. The Morgan fingerprint density at radius 2 is 2.15 bits per heavy atom. The summed E-state index contributed by atoms with van der Waals surface area (Å²) in [5, 5.41) is 11.0. The van der Waals surface area contributed by atoms with Gasteiger partial charge in [-0.3, -0.25) is 10.1 Å². The number of nitro groups is 1. The maximum Gasteiger partial charge on any atom is 0.347 e. The van der Waals surface area contributed by atoms with Crippen molar-refractivity contribution in [2.75, 3.05) is 0 Å². The zero-order valence-electron chi connectivity index (χ0n) is 6.36. The van der Waals surface area contributed by atoms with Crippen LogP contribution in [-0.2, 0) is 0 Å². The standard InChI is InChI=1S/C8H4FNO3/c9-6-2-1-5-3-4-13-8(5)7(6)10(11)12/h1-4H. The second-order valence-corrected chi connectivity index (χ2v) is 2.49. The Morgan fingerprint density at radius 1 is 1.38 bits per heavy atom. The minimum atomic E-state index is -0.882. The monoisotopic (exact) mass is 181 g/mol. The summed E-state index contributed by atoms with van der Waals surface area (Å²) in [6, 6.07) is 4.03. The molecular formula is C8H4FNO3. The summed E-state index contributed by atoms with van der Waals surface area (Å²) in [7, 11) is 0. The summed E-state index contributed by atoms with van der Waals surface area (Å²) in [4.78, 5) is 9.65. The molecule has 0 spiro atoms. The second-order valence-electron chi connectivity index (χ2n) is 2.49. The van der Waals surface area contributed by atoms with Crippen molar-refractivity contribution in [3.8, 4) is 0 Å². The van der Waals surface area contributed by atoms with Crippen LogP contribution < -0.4 is 0 Å². The van der Waals surface area contributed by atoms with Crippen molar-refractivity contribution >= 4 is 16.7 Å². The molecule has 0 saturated heterocycles. The molecule has 0 atom stereocenters. The Labute approximate surface area is 71.7 Å². The van der Waals surface area contributed by atoms with E-state index in [1.54, 1.807) is 6.07 Å². The summed E-state index contributed by atoms with van der Waals surface area (Å²) in [6.45, 7) is 0. The Balaban J connectivity index is 2.88. The minimum Gasteiger partial charge on any atom is -0.457 e. The summed E-state index contributed by atoms with van der Waals surface area (Å²) in [5.74, 6) is -0.882. The third-order valence-electron chi connectivity index (χ3n) is 1.73. The van der Waals surface area contributed by atoms with Crippen LogP contribution in [0.25, 0.3) is 11.0 Å². The first-order chi connectivity index (χ1) is 6.20. The van der Waals surface area contributed by atoms with Crippen molar-refractivity contribution in [3.05, 3.63) is 40.4 Å². The van der Waals surface area contributed by atoms with Gasteiger partial charge in [-0.25, -0.2) is 0 Å². The van der Waals surface area contributed by atoms with Crippen LogP contribution in [0.4, 0.5) is 10.1 Å². The number of hydrogen-bond donors (Lipinski definition) is 0. The fraction of sp³-hybridized carbons (Fsp3) is 0. The Hall–Kier alpha value is -1.91. The van der Waals surface area contributed by atoms with Crippen LogP contribution in [0.5, 0.6) is 0 Å². The first kappa shape index (κ1) is 7.72. The smallest absolute Gasteiger partial charge is 0.347 e. The van der Waals surface area contributed by atoms with Gasteiger partial charge in [0.15, 0.2) is 0 Å². The van der Waals surface area contributed by atoms with E-state index in [0.29, 0.717) is 5.39 Å². The normalized spacial score (nSPS) is 10.5. The van der Waals surface area contributed by atoms with Gasteiger partial charge in [0.2, 0.25) is 11.4 Å². The Kier molecular flexibility index (Phi) is 1.51. The summed E-state index contributed by atoms with van der Waals surface area (Å²) >= 11 is 0. The zero-order chi connectivity index (χ0) is 9.42. The molecule has 1 aromatic carbocycles. The van der Waals surface area contributed by atoms with Crippen molar-refractivity contribution in [1.82, 2.24) is 0 Å². The largest absolute Gasteiger partial charge is 0.457 e. The fourth-order valence-electron chi connectivity index (χ4n) is 1.16. The maximum atomic E-state index is 12.9. The van der Waals surface area contributed by atoms with E-state index in [1.807, 2.05) is 0 Å². The lowest BCUT2D eigenvalue weighted by Crippen LogP contribution is -1.92. The molecule has 2 aromatic rings. The average Bonchev–Trinajstić information content (AvgIpc) is 2.50. The van der Waals surface area contributed by atoms with Crippen molar-refractivity contribution in [1.29, 1.82) is 0 Å². The number of fused-ring (bicyclic) bond motifs is 1. The first-order valence-corrected chi connectivity index (χ1v) is 3.50. The predicted molar refractivity (Wildman–Crippen MR) is 42.8 cm³/mol. The molecule has 13 heavy (non-hydrogen) atoms. The molecule has 1 aromatic heterocycles. The highest BCUT2D eigenvalue weighted by atomic mass is 19.1. The molecule has 0 N–H and O–H groups in total. The van der Waals surface area contributed by atoms with E-state index in [0.717, 1.165) is 6.07 Å². The van der Waals surface area contributed by atoms with Crippen molar-refractivity contribution in [2.24, 2.45) is 0 Å². The third kappa shape index (κ3) is 1.05. The molecule has 0 amide bonds. The molecule has 0 bridgehead atoms. The van der Waals surface area contributed by atoms with E-state index in [9.17, 15) is 14.5 Å². The number of rotatable bonds is 1. The summed E-state index contributed by atoms with van der Waals surface area (Å²) < 4.78 is 17.8. The van der Waals surface area contributed by atoms with Gasteiger partial charge in [0.1, 0.15) is 0 Å². The van der Waals surface area contributed by atoms with Crippen molar-refractivity contribution in [3.63, 3.8) is 0 Å². The average molecular weight is 181 g/mol. The minimum absolute atomic E-state index is 0.0231. The van der Waals surface area contributed by atoms with Crippen LogP contribution in [0, 0.1) is 15.9 Å². The molecule has 1 heterocycles. The lowest BCUT2D eigenvalue weighted by atomic mass is 10.2. The van der Waals surface area contributed by atoms with Crippen LogP contribution in [0.15, 0.2) is 28.9 Å². The molecule has 5 heteroatoms. The van der Waals surface area contributed by atoms with Gasteiger partial charge in [0.25, 0.3) is 0 Å². The van der Waals surface area contributed by atoms with Gasteiger partial charge in [-0.1, -0.05) is 0 Å². The highest BCUT2D eigenvalue weighted by Gasteiger charge is 2.20. The van der Waals surface area contributed by atoms with E-state index in [1.165, 1.54) is 12.3 Å². The highest BCUT2D eigenvalue weighted by Crippen LogP contribution is 2.28. The third-order valence-corrected chi connectivity index (χ3v) is 1.73. The number of halogens is 1. The SMILES string of the molecule is O=[N+]([O-])c1c(F)ccc2ccoc12. The van der Waals surface area contributed by atoms with E-state index in [2.05, 4.69) is 0 Å². The first-order valence-electron chi connectivity index (χ1n) is 3.50. The van der Waals surface area contributed by atoms with Crippen LogP contribution >= 0.6 is 0 Å².